The first-order valence-corrected chi connectivity index (χ1v) is 9.94. The van der Waals surface area contributed by atoms with Crippen LogP contribution in [0, 0.1) is 6.92 Å². The van der Waals surface area contributed by atoms with E-state index in [1.807, 2.05) is 62.2 Å². The van der Waals surface area contributed by atoms with Crippen molar-refractivity contribution in [2.75, 3.05) is 26.2 Å². The predicted molar refractivity (Wildman–Crippen MR) is 108 cm³/mol. The third-order valence-corrected chi connectivity index (χ3v) is 4.81. The third-order valence-electron chi connectivity index (χ3n) is 4.81. The molecule has 0 saturated carbocycles. The fraction of sp³-hybridized carbons (Fsp3) is 0.571. The lowest BCUT2D eigenvalue weighted by Crippen LogP contribution is -2.40. The molecule has 152 valence electrons. The van der Waals surface area contributed by atoms with Crippen LogP contribution in [-0.4, -0.2) is 63.0 Å². The fourth-order valence-electron chi connectivity index (χ4n) is 3.45. The Kier molecular flexibility index (Phi) is 5.63. The van der Waals surface area contributed by atoms with E-state index in [9.17, 15) is 9.59 Å². The molecule has 3 heterocycles. The van der Waals surface area contributed by atoms with E-state index in [0.29, 0.717) is 38.3 Å². The molecular weight excluding hydrogens is 356 g/mol. The van der Waals surface area contributed by atoms with Crippen molar-refractivity contribution in [1.82, 2.24) is 19.2 Å². The molecule has 1 saturated heterocycles. The minimum atomic E-state index is -0.525. The van der Waals surface area contributed by atoms with Gasteiger partial charge in [-0.2, -0.15) is 0 Å². The molecule has 0 atom stereocenters. The Morgan fingerprint density at radius 2 is 1.79 bits per heavy atom. The van der Waals surface area contributed by atoms with Gasteiger partial charge in [0.15, 0.2) is 0 Å². The number of fused-ring (bicyclic) bond motifs is 1. The summed E-state index contributed by atoms with van der Waals surface area (Å²) in [5.74, 6) is -0.0269. The Hall–Kier alpha value is -2.57. The summed E-state index contributed by atoms with van der Waals surface area (Å²) in [4.78, 5) is 33.9. The lowest BCUT2D eigenvalue weighted by atomic mass is 10.2. The van der Waals surface area contributed by atoms with Gasteiger partial charge in [0, 0.05) is 32.4 Å². The Labute approximate surface area is 166 Å². The summed E-state index contributed by atoms with van der Waals surface area (Å²) < 4.78 is 7.37. The smallest absolute Gasteiger partial charge is 0.410 e. The first kappa shape index (κ1) is 20.2. The molecule has 1 aliphatic rings. The average molecular weight is 386 g/mol. The number of amides is 2. The highest BCUT2D eigenvalue weighted by Crippen LogP contribution is 2.19. The molecule has 0 unspecified atom stereocenters. The average Bonchev–Trinajstić information content (AvgIpc) is 2.80. The molecule has 1 fully saturated rings. The topological polar surface area (TPSA) is 67.2 Å². The molecule has 0 radical (unpaired) electrons. The molecule has 28 heavy (non-hydrogen) atoms. The summed E-state index contributed by atoms with van der Waals surface area (Å²) in [7, 11) is 0. The lowest BCUT2D eigenvalue weighted by molar-refractivity contribution is 0.0255. The molecule has 7 nitrogen and oxygen atoms in total. The Morgan fingerprint density at radius 1 is 1.11 bits per heavy atom. The molecule has 0 N–H and O–H groups in total. The van der Waals surface area contributed by atoms with Crippen LogP contribution in [0.5, 0.6) is 0 Å². The van der Waals surface area contributed by atoms with Crippen molar-refractivity contribution < 1.29 is 14.3 Å². The van der Waals surface area contributed by atoms with E-state index in [1.54, 1.807) is 4.90 Å². The number of hydrogen-bond acceptors (Lipinski definition) is 4. The van der Waals surface area contributed by atoms with Gasteiger partial charge in [0.05, 0.1) is 5.69 Å². The molecule has 1 aliphatic heterocycles. The van der Waals surface area contributed by atoms with Gasteiger partial charge in [0.25, 0.3) is 5.91 Å². The summed E-state index contributed by atoms with van der Waals surface area (Å²) in [6.45, 7) is 11.7. The highest BCUT2D eigenvalue weighted by Gasteiger charge is 2.28. The number of hydrogen-bond donors (Lipinski definition) is 0. The van der Waals surface area contributed by atoms with E-state index in [1.165, 1.54) is 0 Å². The standard InChI is InChI=1S/C21H30N4O3/c1-6-16-18(25-14-15(2)8-9-17(25)22-16)19(26)23-10-7-11-24(13-12-23)20(27)28-21(3,4)5/h8-9,14H,6-7,10-13H2,1-5H3. The Morgan fingerprint density at radius 3 is 2.46 bits per heavy atom. The quantitative estimate of drug-likeness (QED) is 0.794. The third kappa shape index (κ3) is 4.29. The van der Waals surface area contributed by atoms with Crippen LogP contribution >= 0.6 is 0 Å². The van der Waals surface area contributed by atoms with Crippen molar-refractivity contribution in [3.8, 4) is 0 Å². The van der Waals surface area contributed by atoms with Crippen molar-refractivity contribution in [3.05, 3.63) is 35.3 Å². The van der Waals surface area contributed by atoms with Crippen LogP contribution in [0.15, 0.2) is 18.3 Å². The van der Waals surface area contributed by atoms with Crippen LogP contribution in [0.4, 0.5) is 4.79 Å². The van der Waals surface area contributed by atoms with E-state index in [4.69, 9.17) is 4.74 Å². The lowest BCUT2D eigenvalue weighted by Gasteiger charge is -2.26. The van der Waals surface area contributed by atoms with E-state index >= 15 is 0 Å². The summed E-state index contributed by atoms with van der Waals surface area (Å²) in [5, 5.41) is 0. The fourth-order valence-corrected chi connectivity index (χ4v) is 3.45. The predicted octanol–water partition coefficient (Wildman–Crippen LogP) is 3.29. The van der Waals surface area contributed by atoms with Gasteiger partial charge in [-0.15, -0.1) is 0 Å². The number of nitrogens with zero attached hydrogens (tertiary/aromatic N) is 4. The van der Waals surface area contributed by atoms with E-state index in [0.717, 1.165) is 23.3 Å². The summed E-state index contributed by atoms with van der Waals surface area (Å²) in [6.07, 6.45) is 3.06. The zero-order chi connectivity index (χ0) is 20.5. The second kappa shape index (κ2) is 7.81. The zero-order valence-corrected chi connectivity index (χ0v) is 17.5. The number of imidazole rings is 1. The van der Waals surface area contributed by atoms with Crippen molar-refractivity contribution in [1.29, 1.82) is 0 Å². The highest BCUT2D eigenvalue weighted by atomic mass is 16.6. The minimum absolute atomic E-state index is 0.0269. The van der Waals surface area contributed by atoms with E-state index < -0.39 is 5.60 Å². The van der Waals surface area contributed by atoms with Gasteiger partial charge >= 0.3 is 6.09 Å². The Balaban J connectivity index is 1.80. The van der Waals surface area contributed by atoms with Crippen LogP contribution in [-0.2, 0) is 11.2 Å². The maximum absolute atomic E-state index is 13.4. The van der Waals surface area contributed by atoms with Crippen LogP contribution in [0.1, 0.15) is 55.9 Å². The number of aromatic nitrogens is 2. The SMILES string of the molecule is CCc1nc2ccc(C)cn2c1C(=O)N1CCCN(C(=O)OC(C)(C)C)CC1. The maximum Gasteiger partial charge on any atom is 0.410 e. The van der Waals surface area contributed by atoms with Gasteiger partial charge in [0.2, 0.25) is 0 Å². The molecule has 0 aromatic carbocycles. The maximum atomic E-state index is 13.4. The molecule has 0 bridgehead atoms. The van der Waals surface area contributed by atoms with Crippen LogP contribution < -0.4 is 0 Å². The van der Waals surface area contributed by atoms with Crippen molar-refractivity contribution in [2.45, 2.75) is 53.1 Å². The number of ether oxygens (including phenoxy) is 1. The molecule has 3 rings (SSSR count). The van der Waals surface area contributed by atoms with Gasteiger partial charge in [-0.05, 0) is 52.2 Å². The number of carbonyl (C=O) groups excluding carboxylic acids is 2. The number of carbonyl (C=O) groups is 2. The first-order valence-electron chi connectivity index (χ1n) is 9.94. The minimum Gasteiger partial charge on any atom is -0.444 e. The molecule has 0 aliphatic carbocycles. The summed E-state index contributed by atoms with van der Waals surface area (Å²) in [6, 6.07) is 3.94. The van der Waals surface area contributed by atoms with Gasteiger partial charge in [0.1, 0.15) is 16.9 Å². The normalized spacial score (nSPS) is 15.6. The number of rotatable bonds is 2. The number of pyridine rings is 1. The molecule has 0 spiro atoms. The number of aryl methyl sites for hydroxylation is 2. The first-order chi connectivity index (χ1) is 13.2. The van der Waals surface area contributed by atoms with Crippen molar-refractivity contribution >= 4 is 17.6 Å². The summed E-state index contributed by atoms with van der Waals surface area (Å²) >= 11 is 0. The van der Waals surface area contributed by atoms with Crippen LogP contribution in [0.2, 0.25) is 0 Å². The molecule has 2 amide bonds. The van der Waals surface area contributed by atoms with Gasteiger partial charge in [-0.25, -0.2) is 9.78 Å². The molecule has 2 aromatic heterocycles. The van der Waals surface area contributed by atoms with Gasteiger partial charge < -0.3 is 14.5 Å². The Bertz CT molecular complexity index is 882. The molecule has 2 aromatic rings. The molecular formula is C21H30N4O3. The van der Waals surface area contributed by atoms with Crippen LogP contribution in [0.25, 0.3) is 5.65 Å². The van der Waals surface area contributed by atoms with Gasteiger partial charge in [-0.3, -0.25) is 9.20 Å². The van der Waals surface area contributed by atoms with Gasteiger partial charge in [-0.1, -0.05) is 13.0 Å². The van der Waals surface area contributed by atoms with E-state index in [2.05, 4.69) is 4.98 Å². The van der Waals surface area contributed by atoms with Crippen LogP contribution in [0.3, 0.4) is 0 Å². The highest BCUT2D eigenvalue weighted by molar-refractivity contribution is 5.95. The largest absolute Gasteiger partial charge is 0.444 e. The van der Waals surface area contributed by atoms with Crippen molar-refractivity contribution in [2.24, 2.45) is 0 Å². The second-order valence-corrected chi connectivity index (χ2v) is 8.31. The zero-order valence-electron chi connectivity index (χ0n) is 17.5. The monoisotopic (exact) mass is 386 g/mol. The van der Waals surface area contributed by atoms with Crippen molar-refractivity contribution in [3.63, 3.8) is 0 Å². The molecule has 7 heteroatoms. The van der Waals surface area contributed by atoms with E-state index in [-0.39, 0.29) is 12.0 Å². The summed E-state index contributed by atoms with van der Waals surface area (Å²) in [5.41, 5.74) is 2.78. The second-order valence-electron chi connectivity index (χ2n) is 8.31.